The summed E-state index contributed by atoms with van der Waals surface area (Å²) in [6.45, 7) is 0. The molecule has 1 atom stereocenters. The monoisotopic (exact) mass is 273 g/mol. The number of ketones is 1. The number of Topliss-reactive ketones (excluding diaryl/α,β-unsaturated/α-hetero) is 1. The van der Waals surface area contributed by atoms with Gasteiger partial charge < -0.3 is 9.64 Å². The van der Waals surface area contributed by atoms with Gasteiger partial charge in [-0.25, -0.2) is 5.43 Å². The average molecular weight is 273 g/mol. The van der Waals surface area contributed by atoms with E-state index in [1.165, 1.54) is 25.1 Å². The predicted molar refractivity (Wildman–Crippen MR) is 69.8 cm³/mol. The van der Waals surface area contributed by atoms with Crippen molar-refractivity contribution in [2.24, 2.45) is 11.0 Å². The smallest absolute Gasteiger partial charge is 0.275 e. The van der Waals surface area contributed by atoms with Crippen LogP contribution in [-0.4, -0.2) is 37.5 Å². The van der Waals surface area contributed by atoms with Gasteiger partial charge in [-0.3, -0.25) is 14.4 Å². The fourth-order valence-electron chi connectivity index (χ4n) is 2.35. The van der Waals surface area contributed by atoms with Crippen LogP contribution < -0.4 is 15.1 Å². The molecule has 1 aromatic carbocycles. The van der Waals surface area contributed by atoms with Crippen molar-refractivity contribution in [3.63, 3.8) is 0 Å². The van der Waals surface area contributed by atoms with E-state index in [9.17, 15) is 14.4 Å². The highest BCUT2D eigenvalue weighted by molar-refractivity contribution is 6.54. The Kier molecular flexibility index (Phi) is 2.56. The summed E-state index contributed by atoms with van der Waals surface area (Å²) < 4.78 is 5.08. The maximum atomic E-state index is 12.5. The van der Waals surface area contributed by atoms with Gasteiger partial charge >= 0.3 is 0 Å². The van der Waals surface area contributed by atoms with E-state index in [2.05, 4.69) is 10.5 Å². The van der Waals surface area contributed by atoms with E-state index in [0.29, 0.717) is 11.4 Å². The van der Waals surface area contributed by atoms with Crippen LogP contribution in [0.2, 0.25) is 0 Å². The van der Waals surface area contributed by atoms with Gasteiger partial charge in [-0.15, -0.1) is 0 Å². The molecule has 1 N–H and O–H groups in total. The Bertz CT molecular complexity index is 680. The molecule has 2 aliphatic rings. The summed E-state index contributed by atoms with van der Waals surface area (Å²) in [5, 5.41) is 3.68. The van der Waals surface area contributed by atoms with Gasteiger partial charge in [0.1, 0.15) is 11.5 Å². The van der Waals surface area contributed by atoms with Crippen molar-refractivity contribution in [2.45, 2.75) is 0 Å². The molecule has 0 fully saturated rings. The van der Waals surface area contributed by atoms with E-state index in [4.69, 9.17) is 4.74 Å². The standard InChI is InChI=1S/C13H11N3O4/c1-16-8-4-3-6(20-2)5-7(8)11(17)9-10(13(16)19)14-15-12(9)18/h3-5,9H,1-2H3,(H,15,18). The van der Waals surface area contributed by atoms with Gasteiger partial charge in [0.25, 0.3) is 11.8 Å². The highest BCUT2D eigenvalue weighted by Crippen LogP contribution is 2.32. The fourth-order valence-corrected chi connectivity index (χ4v) is 2.35. The van der Waals surface area contributed by atoms with Crippen LogP contribution in [0.4, 0.5) is 5.69 Å². The van der Waals surface area contributed by atoms with Crippen LogP contribution >= 0.6 is 0 Å². The summed E-state index contributed by atoms with van der Waals surface area (Å²) >= 11 is 0. The van der Waals surface area contributed by atoms with Crippen molar-refractivity contribution in [2.75, 3.05) is 19.1 Å². The lowest BCUT2D eigenvalue weighted by molar-refractivity contribution is -0.121. The number of hydrazone groups is 1. The average Bonchev–Trinajstić information content (AvgIpc) is 2.82. The lowest BCUT2D eigenvalue weighted by atomic mass is 9.93. The first-order valence-corrected chi connectivity index (χ1v) is 5.92. The second kappa shape index (κ2) is 4.16. The Labute approximate surface area is 114 Å². The Morgan fingerprint density at radius 1 is 1.30 bits per heavy atom. The largest absolute Gasteiger partial charge is 0.497 e. The minimum Gasteiger partial charge on any atom is -0.497 e. The molecule has 0 radical (unpaired) electrons. The molecule has 3 rings (SSSR count). The Hall–Kier alpha value is -2.70. The van der Waals surface area contributed by atoms with Crippen LogP contribution in [0.1, 0.15) is 10.4 Å². The zero-order chi connectivity index (χ0) is 14.4. The highest BCUT2D eigenvalue weighted by atomic mass is 16.5. The molecule has 0 aromatic heterocycles. The lowest BCUT2D eigenvalue weighted by Crippen LogP contribution is -2.37. The second-order valence-corrected chi connectivity index (χ2v) is 4.52. The minimum atomic E-state index is -1.18. The molecular formula is C13H11N3O4. The van der Waals surface area contributed by atoms with Crippen LogP contribution in [0.15, 0.2) is 23.3 Å². The number of amides is 2. The molecule has 20 heavy (non-hydrogen) atoms. The molecular weight excluding hydrogens is 262 g/mol. The van der Waals surface area contributed by atoms with Crippen LogP contribution in [0.25, 0.3) is 0 Å². The van der Waals surface area contributed by atoms with Crippen molar-refractivity contribution in [3.8, 4) is 5.75 Å². The number of carbonyl (C=O) groups excluding carboxylic acids is 3. The maximum absolute atomic E-state index is 12.5. The number of hydrogen-bond acceptors (Lipinski definition) is 5. The molecule has 7 nitrogen and oxygen atoms in total. The first kappa shape index (κ1) is 12.3. The third-order valence-electron chi connectivity index (χ3n) is 3.44. The van der Waals surface area contributed by atoms with Crippen molar-refractivity contribution in [1.82, 2.24) is 5.43 Å². The van der Waals surface area contributed by atoms with Gasteiger partial charge in [0.2, 0.25) is 0 Å². The molecule has 1 unspecified atom stereocenters. The Morgan fingerprint density at radius 3 is 2.75 bits per heavy atom. The van der Waals surface area contributed by atoms with Crippen molar-refractivity contribution < 1.29 is 19.1 Å². The van der Waals surface area contributed by atoms with Crippen molar-refractivity contribution in [3.05, 3.63) is 23.8 Å². The Morgan fingerprint density at radius 2 is 2.05 bits per heavy atom. The Balaban J connectivity index is 2.23. The molecule has 102 valence electrons. The molecule has 0 saturated carbocycles. The number of nitrogens with one attached hydrogen (secondary N) is 1. The number of anilines is 1. The summed E-state index contributed by atoms with van der Waals surface area (Å²) in [7, 11) is 3.02. The summed E-state index contributed by atoms with van der Waals surface area (Å²) in [6, 6.07) is 4.79. The maximum Gasteiger partial charge on any atom is 0.275 e. The van der Waals surface area contributed by atoms with E-state index in [1.54, 1.807) is 12.1 Å². The normalized spacial score (nSPS) is 20.9. The van der Waals surface area contributed by atoms with Gasteiger partial charge in [0.15, 0.2) is 11.7 Å². The highest BCUT2D eigenvalue weighted by Gasteiger charge is 2.45. The summed E-state index contributed by atoms with van der Waals surface area (Å²) in [5.74, 6) is -2.20. The summed E-state index contributed by atoms with van der Waals surface area (Å²) in [5.41, 5.74) is 2.81. The van der Waals surface area contributed by atoms with Crippen LogP contribution in [0.3, 0.4) is 0 Å². The zero-order valence-corrected chi connectivity index (χ0v) is 10.8. The number of nitrogens with zero attached hydrogens (tertiary/aromatic N) is 2. The number of rotatable bonds is 1. The molecule has 0 aliphatic carbocycles. The number of fused-ring (bicyclic) bond motifs is 2. The van der Waals surface area contributed by atoms with E-state index in [0.717, 1.165) is 0 Å². The van der Waals surface area contributed by atoms with Crippen LogP contribution in [-0.2, 0) is 9.59 Å². The SMILES string of the molecule is COc1ccc2c(c1)C(=O)C1C(=O)NN=C1C(=O)N2C. The molecule has 1 aromatic rings. The lowest BCUT2D eigenvalue weighted by Gasteiger charge is -2.17. The summed E-state index contributed by atoms with van der Waals surface area (Å²) in [6.07, 6.45) is 0. The first-order valence-electron chi connectivity index (χ1n) is 5.92. The minimum absolute atomic E-state index is 0.0716. The third kappa shape index (κ3) is 1.52. The molecule has 0 bridgehead atoms. The number of methoxy groups -OCH3 is 1. The number of carbonyl (C=O) groups is 3. The van der Waals surface area contributed by atoms with Crippen molar-refractivity contribution in [1.29, 1.82) is 0 Å². The van der Waals surface area contributed by atoms with Crippen LogP contribution in [0, 0.1) is 5.92 Å². The van der Waals surface area contributed by atoms with E-state index >= 15 is 0 Å². The molecule has 0 spiro atoms. The number of benzene rings is 1. The van der Waals surface area contributed by atoms with Crippen LogP contribution in [0.5, 0.6) is 5.75 Å². The van der Waals surface area contributed by atoms with Crippen molar-refractivity contribution >= 4 is 29.0 Å². The van der Waals surface area contributed by atoms with Gasteiger partial charge in [-0.2, -0.15) is 5.10 Å². The van der Waals surface area contributed by atoms with Gasteiger partial charge in [0, 0.05) is 12.6 Å². The second-order valence-electron chi connectivity index (χ2n) is 4.52. The third-order valence-corrected chi connectivity index (χ3v) is 3.44. The topological polar surface area (TPSA) is 88.1 Å². The van der Waals surface area contributed by atoms with E-state index in [-0.39, 0.29) is 11.3 Å². The van der Waals surface area contributed by atoms with E-state index in [1.807, 2.05) is 0 Å². The molecule has 2 aliphatic heterocycles. The zero-order valence-electron chi connectivity index (χ0n) is 10.8. The number of hydrogen-bond donors (Lipinski definition) is 1. The predicted octanol–water partition coefficient (Wildman–Crippen LogP) is -0.0437. The first-order chi connectivity index (χ1) is 9.54. The molecule has 0 saturated heterocycles. The van der Waals surface area contributed by atoms with Gasteiger partial charge in [0.05, 0.1) is 12.8 Å². The van der Waals surface area contributed by atoms with Gasteiger partial charge in [-0.05, 0) is 18.2 Å². The van der Waals surface area contributed by atoms with Gasteiger partial charge in [-0.1, -0.05) is 0 Å². The number of ether oxygens (including phenoxy) is 1. The molecule has 7 heteroatoms. The summed E-state index contributed by atoms with van der Waals surface area (Å²) in [4.78, 5) is 37.8. The van der Waals surface area contributed by atoms with E-state index < -0.39 is 23.5 Å². The molecule has 2 heterocycles. The fraction of sp³-hybridized carbons (Fsp3) is 0.231. The molecule has 2 amide bonds. The quantitative estimate of drug-likeness (QED) is 0.727.